The zero-order chi connectivity index (χ0) is 23.3. The summed E-state index contributed by atoms with van der Waals surface area (Å²) < 4.78 is 4.53. The third kappa shape index (κ3) is 5.62. The van der Waals surface area contributed by atoms with Crippen molar-refractivity contribution >= 4 is 63.8 Å². The van der Waals surface area contributed by atoms with Crippen molar-refractivity contribution in [2.24, 2.45) is 0 Å². The van der Waals surface area contributed by atoms with Gasteiger partial charge in [-0.1, -0.05) is 59.6 Å². The van der Waals surface area contributed by atoms with Gasteiger partial charge in [0.2, 0.25) is 0 Å². The number of ether oxygens (including phenoxy) is 1. The molecule has 1 aliphatic rings. The number of allylic oxidation sites excluding steroid dienone is 4. The first-order valence-corrected chi connectivity index (χ1v) is 10.7. The quantitative estimate of drug-likeness (QED) is 0.379. The van der Waals surface area contributed by atoms with Gasteiger partial charge >= 0.3 is 6.09 Å². The fourth-order valence-electron chi connectivity index (χ4n) is 3.13. The fraction of sp³-hybridized carbons (Fsp3) is 0.130. The molecule has 0 radical (unpaired) electrons. The lowest BCUT2D eigenvalue weighted by Crippen LogP contribution is -2.33. The minimum Gasteiger partial charge on any atom is -0.453 e. The van der Waals surface area contributed by atoms with Crippen LogP contribution < -0.4 is 10.6 Å². The zero-order valence-electron chi connectivity index (χ0n) is 17.0. The van der Waals surface area contributed by atoms with Crippen molar-refractivity contribution in [3.8, 4) is 0 Å². The first-order chi connectivity index (χ1) is 15.3. The van der Waals surface area contributed by atoms with Crippen molar-refractivity contribution in [1.82, 2.24) is 5.32 Å². The fourth-order valence-corrected chi connectivity index (χ4v) is 3.87. The van der Waals surface area contributed by atoms with Crippen molar-refractivity contribution < 1.29 is 14.3 Å². The number of methoxy groups -OCH3 is 1. The van der Waals surface area contributed by atoms with E-state index in [9.17, 15) is 9.59 Å². The van der Waals surface area contributed by atoms with E-state index in [0.717, 1.165) is 0 Å². The molecule has 0 aliphatic heterocycles. The molecule has 164 valence electrons. The number of hydrogen-bond acceptors (Lipinski definition) is 5. The van der Waals surface area contributed by atoms with Gasteiger partial charge in [0.1, 0.15) is 0 Å². The lowest BCUT2D eigenvalue weighted by atomic mass is 9.91. The van der Waals surface area contributed by atoms with Gasteiger partial charge in [-0.2, -0.15) is 0 Å². The topological polar surface area (TPSA) is 91.3 Å². The molecule has 9 heteroatoms. The standard InChI is InChI=1S/C23H19Cl2N3O3S/c1-31-23(30)28-22(32)27-15-7-8-16(21(29)13-5-3-2-4-6-13)14(11-15)12-17-18(24)9-10-19(26)20(17)25/h2-9,11,26H,10,12H2,1H3,(H2,27,28,30,32). The molecular weight excluding hydrogens is 469 g/mol. The minimum atomic E-state index is -0.701. The van der Waals surface area contributed by atoms with Crippen molar-refractivity contribution in [3.63, 3.8) is 0 Å². The number of carbonyl (C=O) groups excluding carboxylic acids is 2. The SMILES string of the molecule is COC(=O)NC(=S)Nc1ccc(C(=O)c2ccccc2)c(CC2=C(Cl)C(=N)CC=C2Cl)c1. The summed E-state index contributed by atoms with van der Waals surface area (Å²) in [5.41, 5.74) is 3.02. The van der Waals surface area contributed by atoms with Crippen LogP contribution in [0.1, 0.15) is 27.9 Å². The molecule has 0 unspecified atom stereocenters. The van der Waals surface area contributed by atoms with Crippen molar-refractivity contribution in [1.29, 1.82) is 5.41 Å². The molecule has 32 heavy (non-hydrogen) atoms. The molecule has 0 bridgehead atoms. The van der Waals surface area contributed by atoms with Gasteiger partial charge in [0.15, 0.2) is 10.9 Å². The molecule has 0 aromatic heterocycles. The Kier molecular flexibility index (Phi) is 7.80. The van der Waals surface area contributed by atoms with E-state index in [1.807, 2.05) is 6.07 Å². The van der Waals surface area contributed by atoms with Crippen LogP contribution in [0.2, 0.25) is 0 Å². The highest BCUT2D eigenvalue weighted by molar-refractivity contribution is 7.80. The molecule has 1 amide bonds. The molecule has 3 N–H and O–H groups in total. The van der Waals surface area contributed by atoms with Crippen LogP contribution in [0.15, 0.2) is 70.2 Å². The highest BCUT2D eigenvalue weighted by Crippen LogP contribution is 2.33. The molecule has 2 aromatic carbocycles. The van der Waals surface area contributed by atoms with E-state index in [4.69, 9.17) is 40.8 Å². The Morgan fingerprint density at radius 3 is 2.56 bits per heavy atom. The molecule has 0 heterocycles. The van der Waals surface area contributed by atoms with E-state index in [2.05, 4.69) is 15.4 Å². The Bertz CT molecular complexity index is 1160. The van der Waals surface area contributed by atoms with Crippen LogP contribution in [-0.4, -0.2) is 29.8 Å². The van der Waals surface area contributed by atoms with Gasteiger partial charge in [0, 0.05) is 34.7 Å². The molecular formula is C23H19Cl2N3O3S. The number of rotatable bonds is 5. The van der Waals surface area contributed by atoms with Gasteiger partial charge in [-0.3, -0.25) is 10.1 Å². The largest absolute Gasteiger partial charge is 0.453 e. The van der Waals surface area contributed by atoms with E-state index in [0.29, 0.717) is 39.4 Å². The average Bonchev–Trinajstić information content (AvgIpc) is 2.79. The first kappa shape index (κ1) is 23.7. The Hall–Kier alpha value is -3.00. The van der Waals surface area contributed by atoms with Gasteiger partial charge in [0.25, 0.3) is 0 Å². The molecule has 0 saturated carbocycles. The lowest BCUT2D eigenvalue weighted by molar-refractivity contribution is 0.103. The maximum atomic E-state index is 13.2. The summed E-state index contributed by atoms with van der Waals surface area (Å²) in [5, 5.41) is 14.1. The average molecular weight is 488 g/mol. The second-order valence-corrected chi connectivity index (χ2v) is 8.04. The lowest BCUT2D eigenvalue weighted by Gasteiger charge is -2.18. The van der Waals surface area contributed by atoms with Crippen LogP contribution in [0.4, 0.5) is 10.5 Å². The summed E-state index contributed by atoms with van der Waals surface area (Å²) in [4.78, 5) is 24.6. The molecule has 1 aliphatic carbocycles. The maximum absolute atomic E-state index is 13.2. The van der Waals surface area contributed by atoms with Crippen LogP contribution in [0, 0.1) is 5.41 Å². The number of carbonyl (C=O) groups is 2. The number of nitrogens with one attached hydrogen (secondary N) is 3. The van der Waals surface area contributed by atoms with Gasteiger partial charge in [-0.25, -0.2) is 4.79 Å². The van der Waals surface area contributed by atoms with Crippen LogP contribution in [-0.2, 0) is 11.2 Å². The molecule has 0 saturated heterocycles. The predicted molar refractivity (Wildman–Crippen MR) is 131 cm³/mol. The van der Waals surface area contributed by atoms with Crippen molar-refractivity contribution in [2.75, 3.05) is 12.4 Å². The predicted octanol–water partition coefficient (Wildman–Crippen LogP) is 5.55. The molecule has 0 fully saturated rings. The molecule has 0 atom stereocenters. The number of alkyl carbamates (subject to hydrolysis) is 1. The smallest absolute Gasteiger partial charge is 0.413 e. The monoisotopic (exact) mass is 487 g/mol. The molecule has 0 spiro atoms. The summed E-state index contributed by atoms with van der Waals surface area (Å²) in [6.07, 6.45) is 1.61. The van der Waals surface area contributed by atoms with E-state index in [1.165, 1.54) is 7.11 Å². The molecule has 2 aromatic rings. The number of halogens is 2. The Labute approximate surface area is 200 Å². The third-order valence-electron chi connectivity index (χ3n) is 4.72. The molecule has 3 rings (SSSR count). The molecule has 6 nitrogen and oxygen atoms in total. The maximum Gasteiger partial charge on any atom is 0.413 e. The van der Waals surface area contributed by atoms with E-state index < -0.39 is 6.09 Å². The van der Waals surface area contributed by atoms with E-state index >= 15 is 0 Å². The van der Waals surface area contributed by atoms with E-state index in [-0.39, 0.29) is 28.1 Å². The summed E-state index contributed by atoms with van der Waals surface area (Å²) in [5.74, 6) is -0.162. The summed E-state index contributed by atoms with van der Waals surface area (Å²) >= 11 is 17.9. The van der Waals surface area contributed by atoms with Crippen LogP contribution in [0.5, 0.6) is 0 Å². The number of hydrogen-bond donors (Lipinski definition) is 3. The minimum absolute atomic E-state index is 0.0413. The summed E-state index contributed by atoms with van der Waals surface area (Å²) in [7, 11) is 1.23. The summed E-state index contributed by atoms with van der Waals surface area (Å²) in [6.45, 7) is 0. The Morgan fingerprint density at radius 1 is 1.16 bits per heavy atom. The Balaban J connectivity index is 2.00. The number of benzene rings is 2. The van der Waals surface area contributed by atoms with Gasteiger partial charge in [0.05, 0.1) is 17.9 Å². The second-order valence-electron chi connectivity index (χ2n) is 6.84. The van der Waals surface area contributed by atoms with E-state index in [1.54, 1.807) is 48.5 Å². The van der Waals surface area contributed by atoms with Gasteiger partial charge < -0.3 is 15.5 Å². The number of ketones is 1. The van der Waals surface area contributed by atoms with Crippen molar-refractivity contribution in [2.45, 2.75) is 12.8 Å². The van der Waals surface area contributed by atoms with Crippen LogP contribution >= 0.6 is 35.4 Å². The highest BCUT2D eigenvalue weighted by Gasteiger charge is 2.21. The number of thiocarbonyl (C=S) groups is 1. The van der Waals surface area contributed by atoms with Crippen molar-refractivity contribution in [3.05, 3.63) is 86.9 Å². The third-order valence-corrected chi connectivity index (χ3v) is 5.76. The second kappa shape index (κ2) is 10.5. The summed E-state index contributed by atoms with van der Waals surface area (Å²) in [6, 6.07) is 14.0. The van der Waals surface area contributed by atoms with Gasteiger partial charge in [-0.15, -0.1) is 0 Å². The van der Waals surface area contributed by atoms with Gasteiger partial charge in [-0.05, 0) is 41.6 Å². The Morgan fingerprint density at radius 2 is 1.88 bits per heavy atom. The number of anilines is 1. The normalized spacial score (nSPS) is 13.3. The zero-order valence-corrected chi connectivity index (χ0v) is 19.3. The number of amides is 1. The first-order valence-electron chi connectivity index (χ1n) is 9.51. The van der Waals surface area contributed by atoms with Crippen LogP contribution in [0.25, 0.3) is 0 Å². The van der Waals surface area contributed by atoms with Crippen LogP contribution in [0.3, 0.4) is 0 Å². The highest BCUT2D eigenvalue weighted by atomic mass is 35.5.